The Morgan fingerprint density at radius 1 is 1.29 bits per heavy atom. The summed E-state index contributed by atoms with van der Waals surface area (Å²) < 4.78 is 7.61. The lowest BCUT2D eigenvalue weighted by Crippen LogP contribution is -2.41. The molecular formula is C17H26N6O. The number of benzene rings is 1. The molecule has 1 atom stereocenters. The van der Waals surface area contributed by atoms with Crippen molar-refractivity contribution in [3.05, 3.63) is 42.0 Å². The Kier molecular flexibility index (Phi) is 6.60. The van der Waals surface area contributed by atoms with E-state index < -0.39 is 0 Å². The molecule has 0 aliphatic rings. The molecule has 130 valence electrons. The third kappa shape index (κ3) is 5.57. The molecule has 0 spiro atoms. The minimum absolute atomic E-state index is 0.0198. The van der Waals surface area contributed by atoms with E-state index in [-0.39, 0.29) is 6.10 Å². The molecule has 0 bridgehead atoms. The van der Waals surface area contributed by atoms with Crippen molar-refractivity contribution in [3.8, 4) is 5.75 Å². The number of aliphatic imine (C=N–C) groups is 1. The number of aromatic nitrogens is 3. The van der Waals surface area contributed by atoms with Gasteiger partial charge in [0.2, 0.25) is 0 Å². The van der Waals surface area contributed by atoms with E-state index in [1.165, 1.54) is 11.9 Å². The van der Waals surface area contributed by atoms with Crippen LogP contribution < -0.4 is 15.4 Å². The van der Waals surface area contributed by atoms with E-state index in [9.17, 15) is 0 Å². The molecule has 0 fully saturated rings. The van der Waals surface area contributed by atoms with Gasteiger partial charge in [-0.1, -0.05) is 17.7 Å². The summed E-state index contributed by atoms with van der Waals surface area (Å²) in [4.78, 5) is 8.69. The zero-order valence-corrected chi connectivity index (χ0v) is 14.8. The third-order valence-electron chi connectivity index (χ3n) is 3.44. The second kappa shape index (κ2) is 8.90. The standard InChI is InChI=1S/C17H26N6O/c1-5-18-17(20-11-16-21-12-22-23(16)4)19-10-14(3)24-15-8-6-13(2)7-9-15/h6-9,12,14H,5,10-11H2,1-4H3,(H2,18,19,20). The summed E-state index contributed by atoms with van der Waals surface area (Å²) in [6.45, 7) is 8.03. The van der Waals surface area contributed by atoms with Crippen LogP contribution in [0.4, 0.5) is 0 Å². The predicted octanol–water partition coefficient (Wildman–Crippen LogP) is 1.65. The molecule has 0 saturated heterocycles. The number of guanidine groups is 1. The Labute approximate surface area is 143 Å². The van der Waals surface area contributed by atoms with Gasteiger partial charge in [-0.2, -0.15) is 5.10 Å². The van der Waals surface area contributed by atoms with Crippen LogP contribution in [0.5, 0.6) is 5.75 Å². The first-order valence-corrected chi connectivity index (χ1v) is 8.17. The SMILES string of the molecule is CCNC(=NCc1ncnn1C)NCC(C)Oc1ccc(C)cc1. The third-order valence-corrected chi connectivity index (χ3v) is 3.44. The molecular weight excluding hydrogens is 304 g/mol. The van der Waals surface area contributed by atoms with E-state index >= 15 is 0 Å². The van der Waals surface area contributed by atoms with Crippen molar-refractivity contribution in [2.75, 3.05) is 13.1 Å². The number of rotatable bonds is 7. The van der Waals surface area contributed by atoms with Crippen molar-refractivity contribution in [1.29, 1.82) is 0 Å². The Morgan fingerprint density at radius 3 is 2.67 bits per heavy atom. The minimum atomic E-state index is 0.0198. The van der Waals surface area contributed by atoms with Gasteiger partial charge in [-0.05, 0) is 32.9 Å². The Morgan fingerprint density at radius 2 is 2.04 bits per heavy atom. The zero-order valence-electron chi connectivity index (χ0n) is 14.8. The molecule has 1 aromatic heterocycles. The highest BCUT2D eigenvalue weighted by atomic mass is 16.5. The second-order valence-corrected chi connectivity index (χ2v) is 5.62. The van der Waals surface area contributed by atoms with Crippen LogP contribution in [0.15, 0.2) is 35.6 Å². The zero-order chi connectivity index (χ0) is 17.4. The van der Waals surface area contributed by atoms with Crippen molar-refractivity contribution in [2.45, 2.75) is 33.4 Å². The number of nitrogens with one attached hydrogen (secondary N) is 2. The van der Waals surface area contributed by atoms with Gasteiger partial charge in [0.15, 0.2) is 5.96 Å². The maximum Gasteiger partial charge on any atom is 0.191 e. The number of nitrogens with zero attached hydrogens (tertiary/aromatic N) is 4. The molecule has 7 nitrogen and oxygen atoms in total. The van der Waals surface area contributed by atoms with Crippen molar-refractivity contribution < 1.29 is 4.74 Å². The molecule has 0 aliphatic carbocycles. The van der Waals surface area contributed by atoms with E-state index in [4.69, 9.17) is 4.74 Å². The summed E-state index contributed by atoms with van der Waals surface area (Å²) in [5.74, 6) is 2.42. The van der Waals surface area contributed by atoms with Gasteiger partial charge >= 0.3 is 0 Å². The molecule has 2 aromatic rings. The summed E-state index contributed by atoms with van der Waals surface area (Å²) in [5.41, 5.74) is 1.22. The van der Waals surface area contributed by atoms with Gasteiger partial charge in [0, 0.05) is 13.6 Å². The smallest absolute Gasteiger partial charge is 0.191 e. The molecule has 1 aromatic carbocycles. The number of aryl methyl sites for hydroxylation is 2. The lowest BCUT2D eigenvalue weighted by atomic mass is 10.2. The Balaban J connectivity index is 1.85. The molecule has 7 heteroatoms. The lowest BCUT2D eigenvalue weighted by Gasteiger charge is -2.17. The van der Waals surface area contributed by atoms with E-state index in [0.29, 0.717) is 13.1 Å². The van der Waals surface area contributed by atoms with Crippen LogP contribution in [-0.4, -0.2) is 39.9 Å². The van der Waals surface area contributed by atoms with E-state index in [1.807, 2.05) is 45.2 Å². The second-order valence-electron chi connectivity index (χ2n) is 5.62. The van der Waals surface area contributed by atoms with Crippen LogP contribution in [0.3, 0.4) is 0 Å². The maximum absolute atomic E-state index is 5.90. The molecule has 2 rings (SSSR count). The average molecular weight is 330 g/mol. The first-order chi connectivity index (χ1) is 11.6. The van der Waals surface area contributed by atoms with Crippen LogP contribution in [0.2, 0.25) is 0 Å². The number of hydrogen-bond acceptors (Lipinski definition) is 4. The van der Waals surface area contributed by atoms with Crippen molar-refractivity contribution >= 4 is 5.96 Å². The summed E-state index contributed by atoms with van der Waals surface area (Å²) in [6.07, 6.45) is 1.55. The molecule has 0 amide bonds. The quantitative estimate of drug-likeness (QED) is 0.596. The minimum Gasteiger partial charge on any atom is -0.489 e. The molecule has 0 saturated carbocycles. The number of ether oxygens (including phenoxy) is 1. The molecule has 2 N–H and O–H groups in total. The largest absolute Gasteiger partial charge is 0.489 e. The fraction of sp³-hybridized carbons (Fsp3) is 0.471. The normalized spacial score (nSPS) is 12.8. The van der Waals surface area contributed by atoms with Gasteiger partial charge in [0.05, 0.1) is 6.54 Å². The highest BCUT2D eigenvalue weighted by Gasteiger charge is 2.06. The first kappa shape index (κ1) is 17.8. The fourth-order valence-corrected chi connectivity index (χ4v) is 2.09. The Hall–Kier alpha value is -2.57. The van der Waals surface area contributed by atoms with Gasteiger partial charge in [-0.15, -0.1) is 0 Å². The molecule has 1 heterocycles. The first-order valence-electron chi connectivity index (χ1n) is 8.17. The van der Waals surface area contributed by atoms with Crippen LogP contribution in [0.1, 0.15) is 25.2 Å². The maximum atomic E-state index is 5.90. The average Bonchev–Trinajstić information content (AvgIpc) is 2.97. The molecule has 0 aliphatic heterocycles. The summed E-state index contributed by atoms with van der Waals surface area (Å²) in [6, 6.07) is 8.06. The lowest BCUT2D eigenvalue weighted by molar-refractivity contribution is 0.224. The van der Waals surface area contributed by atoms with Gasteiger partial charge in [-0.25, -0.2) is 9.98 Å². The number of hydrogen-bond donors (Lipinski definition) is 2. The van der Waals surface area contributed by atoms with Crippen LogP contribution in [0, 0.1) is 6.92 Å². The van der Waals surface area contributed by atoms with Gasteiger partial charge in [0.25, 0.3) is 0 Å². The highest BCUT2D eigenvalue weighted by Crippen LogP contribution is 2.12. The molecule has 0 radical (unpaired) electrons. The van der Waals surface area contributed by atoms with Gasteiger partial charge < -0.3 is 15.4 Å². The fourth-order valence-electron chi connectivity index (χ4n) is 2.09. The topological polar surface area (TPSA) is 76.4 Å². The van der Waals surface area contributed by atoms with E-state index in [2.05, 4.69) is 32.6 Å². The molecule has 1 unspecified atom stereocenters. The predicted molar refractivity (Wildman–Crippen MR) is 95.1 cm³/mol. The Bertz CT molecular complexity index is 649. The van der Waals surface area contributed by atoms with Crippen LogP contribution in [-0.2, 0) is 13.6 Å². The highest BCUT2D eigenvalue weighted by molar-refractivity contribution is 5.79. The van der Waals surface area contributed by atoms with Gasteiger partial charge in [-0.3, -0.25) is 4.68 Å². The summed E-state index contributed by atoms with van der Waals surface area (Å²) in [5, 5.41) is 10.6. The molecule has 24 heavy (non-hydrogen) atoms. The van der Waals surface area contributed by atoms with Crippen molar-refractivity contribution in [1.82, 2.24) is 25.4 Å². The van der Waals surface area contributed by atoms with Crippen LogP contribution >= 0.6 is 0 Å². The monoisotopic (exact) mass is 330 g/mol. The summed E-state index contributed by atoms with van der Waals surface area (Å²) in [7, 11) is 1.86. The van der Waals surface area contributed by atoms with E-state index in [1.54, 1.807) is 4.68 Å². The van der Waals surface area contributed by atoms with Crippen molar-refractivity contribution in [3.63, 3.8) is 0 Å². The van der Waals surface area contributed by atoms with Gasteiger partial charge in [0.1, 0.15) is 30.5 Å². The van der Waals surface area contributed by atoms with Crippen molar-refractivity contribution in [2.24, 2.45) is 12.0 Å². The summed E-state index contributed by atoms with van der Waals surface area (Å²) >= 11 is 0. The van der Waals surface area contributed by atoms with E-state index in [0.717, 1.165) is 24.1 Å². The van der Waals surface area contributed by atoms with Crippen LogP contribution in [0.25, 0.3) is 0 Å².